The van der Waals surface area contributed by atoms with Crippen LogP contribution >= 0.6 is 11.8 Å². The summed E-state index contributed by atoms with van der Waals surface area (Å²) in [6, 6.07) is 7.30. The summed E-state index contributed by atoms with van der Waals surface area (Å²) in [4.78, 5) is 37.7. The summed E-state index contributed by atoms with van der Waals surface area (Å²) in [7, 11) is 0. The predicted molar refractivity (Wildman–Crippen MR) is 85.7 cm³/mol. The first-order valence-corrected chi connectivity index (χ1v) is 8.37. The number of hydrogen-bond acceptors (Lipinski definition) is 4. The van der Waals surface area contributed by atoms with Gasteiger partial charge < -0.3 is 10.2 Å². The molecule has 2 fully saturated rings. The van der Waals surface area contributed by atoms with Crippen LogP contribution in [0.15, 0.2) is 24.3 Å². The van der Waals surface area contributed by atoms with E-state index in [4.69, 9.17) is 0 Å². The molecule has 1 N–H and O–H groups in total. The topological polar surface area (TPSA) is 66.5 Å². The van der Waals surface area contributed by atoms with Gasteiger partial charge in [0.05, 0.1) is 12.0 Å². The number of anilines is 1. The number of aryl methyl sites for hydroxylation is 1. The summed E-state index contributed by atoms with van der Waals surface area (Å²) in [6.07, 6.45) is 0.880. The van der Waals surface area contributed by atoms with Crippen LogP contribution in [0.2, 0.25) is 0 Å². The van der Waals surface area contributed by atoms with E-state index in [2.05, 4.69) is 5.32 Å². The highest BCUT2D eigenvalue weighted by atomic mass is 32.2. The van der Waals surface area contributed by atoms with Gasteiger partial charge >= 0.3 is 0 Å². The van der Waals surface area contributed by atoms with Crippen LogP contribution in [0, 0.1) is 12.8 Å². The van der Waals surface area contributed by atoms with E-state index in [1.165, 1.54) is 11.8 Å². The van der Waals surface area contributed by atoms with Crippen LogP contribution in [0.25, 0.3) is 0 Å². The predicted octanol–water partition coefficient (Wildman–Crippen LogP) is 1.50. The summed E-state index contributed by atoms with van der Waals surface area (Å²) >= 11 is 1.26. The molecule has 2 amide bonds. The van der Waals surface area contributed by atoms with Crippen molar-refractivity contribution in [2.24, 2.45) is 5.92 Å². The van der Waals surface area contributed by atoms with Crippen molar-refractivity contribution in [1.82, 2.24) is 5.32 Å². The van der Waals surface area contributed by atoms with Crippen molar-refractivity contribution >= 4 is 34.4 Å². The summed E-state index contributed by atoms with van der Waals surface area (Å²) in [5.74, 6) is 0.136. The summed E-state index contributed by atoms with van der Waals surface area (Å²) in [5, 5.41) is 2.81. The van der Waals surface area contributed by atoms with E-state index in [9.17, 15) is 14.4 Å². The Hall–Kier alpha value is -1.82. The summed E-state index contributed by atoms with van der Waals surface area (Å²) < 4.78 is 0. The van der Waals surface area contributed by atoms with Gasteiger partial charge in [0, 0.05) is 24.4 Å². The van der Waals surface area contributed by atoms with Crippen molar-refractivity contribution in [1.29, 1.82) is 0 Å². The maximum Gasteiger partial charge on any atom is 0.227 e. The monoisotopic (exact) mass is 318 g/mol. The molecule has 2 aliphatic rings. The highest BCUT2D eigenvalue weighted by Crippen LogP contribution is 2.27. The molecule has 2 aliphatic heterocycles. The maximum absolute atomic E-state index is 12.3. The fourth-order valence-electron chi connectivity index (χ4n) is 2.85. The third-order valence-electron chi connectivity index (χ3n) is 4.06. The SMILES string of the molecule is Cc1cccc(N2CC(C(=O)NC3CCSC3=O)CC2=O)c1. The zero-order valence-corrected chi connectivity index (χ0v) is 13.2. The zero-order chi connectivity index (χ0) is 15.7. The highest BCUT2D eigenvalue weighted by molar-refractivity contribution is 8.14. The fourth-order valence-corrected chi connectivity index (χ4v) is 3.78. The minimum atomic E-state index is -0.388. The lowest BCUT2D eigenvalue weighted by atomic mass is 10.1. The average Bonchev–Trinajstić information content (AvgIpc) is 3.06. The van der Waals surface area contributed by atoms with E-state index < -0.39 is 0 Å². The van der Waals surface area contributed by atoms with Gasteiger partial charge in [0.1, 0.15) is 0 Å². The molecular formula is C16H18N2O3S. The molecular weight excluding hydrogens is 300 g/mol. The molecule has 2 atom stereocenters. The molecule has 3 rings (SSSR count). The number of carbonyl (C=O) groups excluding carboxylic acids is 3. The van der Waals surface area contributed by atoms with Gasteiger partial charge in [-0.15, -0.1) is 0 Å². The van der Waals surface area contributed by atoms with E-state index in [1.807, 2.05) is 31.2 Å². The van der Waals surface area contributed by atoms with Gasteiger partial charge in [-0.05, 0) is 31.0 Å². The molecule has 116 valence electrons. The zero-order valence-electron chi connectivity index (χ0n) is 12.4. The fraction of sp³-hybridized carbons (Fsp3) is 0.438. The normalized spacial score (nSPS) is 24.9. The van der Waals surface area contributed by atoms with E-state index in [0.29, 0.717) is 13.0 Å². The van der Waals surface area contributed by atoms with Gasteiger partial charge in [-0.25, -0.2) is 0 Å². The number of nitrogens with one attached hydrogen (secondary N) is 1. The van der Waals surface area contributed by atoms with E-state index in [1.54, 1.807) is 4.90 Å². The highest BCUT2D eigenvalue weighted by Gasteiger charge is 2.37. The van der Waals surface area contributed by atoms with Gasteiger partial charge in [0.25, 0.3) is 0 Å². The maximum atomic E-state index is 12.3. The van der Waals surface area contributed by atoms with Crippen LogP contribution in [0.3, 0.4) is 0 Å². The van der Waals surface area contributed by atoms with E-state index in [0.717, 1.165) is 17.0 Å². The average molecular weight is 318 g/mol. The molecule has 0 spiro atoms. The van der Waals surface area contributed by atoms with Crippen LogP contribution in [0.5, 0.6) is 0 Å². The van der Waals surface area contributed by atoms with Crippen LogP contribution in [-0.2, 0) is 14.4 Å². The number of nitrogens with zero attached hydrogens (tertiary/aromatic N) is 1. The molecule has 0 bridgehead atoms. The number of amides is 2. The van der Waals surface area contributed by atoms with Crippen molar-refractivity contribution in [3.05, 3.63) is 29.8 Å². The molecule has 5 nitrogen and oxygen atoms in total. The van der Waals surface area contributed by atoms with Gasteiger partial charge in [0.15, 0.2) is 0 Å². The smallest absolute Gasteiger partial charge is 0.227 e. The molecule has 1 aromatic rings. The largest absolute Gasteiger partial charge is 0.345 e. The van der Waals surface area contributed by atoms with Gasteiger partial charge in [-0.2, -0.15) is 0 Å². The Morgan fingerprint density at radius 3 is 2.86 bits per heavy atom. The van der Waals surface area contributed by atoms with Crippen molar-refractivity contribution in [2.45, 2.75) is 25.8 Å². The van der Waals surface area contributed by atoms with Crippen LogP contribution in [-0.4, -0.2) is 35.3 Å². The summed E-state index contributed by atoms with van der Waals surface area (Å²) in [6.45, 7) is 2.35. The second-order valence-corrected chi connectivity index (χ2v) is 6.86. The lowest BCUT2D eigenvalue weighted by molar-refractivity contribution is -0.128. The Morgan fingerprint density at radius 2 is 2.18 bits per heavy atom. The molecule has 2 saturated heterocycles. The van der Waals surface area contributed by atoms with Crippen LogP contribution in [0.4, 0.5) is 5.69 Å². The molecule has 2 heterocycles. The number of thioether (sulfide) groups is 1. The Labute approximate surface area is 133 Å². The number of benzene rings is 1. The first-order chi connectivity index (χ1) is 10.5. The molecule has 2 unspecified atom stereocenters. The summed E-state index contributed by atoms with van der Waals surface area (Å²) in [5.41, 5.74) is 1.90. The minimum Gasteiger partial charge on any atom is -0.345 e. The van der Waals surface area contributed by atoms with E-state index in [-0.39, 0.29) is 35.3 Å². The molecule has 6 heteroatoms. The van der Waals surface area contributed by atoms with Crippen LogP contribution in [0.1, 0.15) is 18.4 Å². The Morgan fingerprint density at radius 1 is 1.36 bits per heavy atom. The molecule has 0 aliphatic carbocycles. The van der Waals surface area contributed by atoms with Crippen LogP contribution < -0.4 is 10.2 Å². The first kappa shape index (κ1) is 15.1. The quantitative estimate of drug-likeness (QED) is 0.917. The molecule has 22 heavy (non-hydrogen) atoms. The van der Waals surface area contributed by atoms with Crippen molar-refractivity contribution in [2.75, 3.05) is 17.2 Å². The second kappa shape index (κ2) is 6.12. The third-order valence-corrected chi connectivity index (χ3v) is 5.07. The van der Waals surface area contributed by atoms with Crippen molar-refractivity contribution < 1.29 is 14.4 Å². The van der Waals surface area contributed by atoms with Gasteiger partial charge in [0.2, 0.25) is 16.9 Å². The molecule has 1 aromatic carbocycles. The Kier molecular flexibility index (Phi) is 4.20. The minimum absolute atomic E-state index is 0.0215. The second-order valence-electron chi connectivity index (χ2n) is 5.76. The standard InChI is InChI=1S/C16H18N2O3S/c1-10-3-2-4-12(7-10)18-9-11(8-14(18)19)15(20)17-13-5-6-22-16(13)21/h2-4,7,11,13H,5-6,8-9H2,1H3,(H,17,20). The van der Waals surface area contributed by atoms with Crippen molar-refractivity contribution in [3.63, 3.8) is 0 Å². The molecule has 0 aromatic heterocycles. The number of carbonyl (C=O) groups is 3. The lowest BCUT2D eigenvalue weighted by Gasteiger charge is -2.18. The third kappa shape index (κ3) is 3.02. The Balaban J connectivity index is 1.66. The van der Waals surface area contributed by atoms with E-state index >= 15 is 0 Å². The number of rotatable bonds is 3. The first-order valence-electron chi connectivity index (χ1n) is 7.38. The number of hydrogen-bond donors (Lipinski definition) is 1. The van der Waals surface area contributed by atoms with Gasteiger partial charge in [-0.3, -0.25) is 14.4 Å². The van der Waals surface area contributed by atoms with Gasteiger partial charge in [-0.1, -0.05) is 23.9 Å². The molecule has 0 saturated carbocycles. The van der Waals surface area contributed by atoms with Crippen molar-refractivity contribution in [3.8, 4) is 0 Å². The molecule has 0 radical (unpaired) electrons. The Bertz CT molecular complexity index is 632. The lowest BCUT2D eigenvalue weighted by Crippen LogP contribution is -2.41.